The molecule has 17 heavy (non-hydrogen) atoms. The van der Waals surface area contributed by atoms with Gasteiger partial charge in [-0.1, -0.05) is 0 Å². The molecule has 5 nitrogen and oxygen atoms in total. The van der Waals surface area contributed by atoms with E-state index in [1.807, 2.05) is 18.7 Å². The van der Waals surface area contributed by atoms with Crippen LogP contribution in [0.3, 0.4) is 0 Å². The normalized spacial score (nSPS) is 12.0. The molecule has 0 aliphatic heterocycles. The highest BCUT2D eigenvalue weighted by molar-refractivity contribution is 9.10. The van der Waals surface area contributed by atoms with Gasteiger partial charge in [-0.3, -0.25) is 4.68 Å². The molecule has 0 aromatic carbocycles. The molecular formula is C10H18BrN3O2S. The summed E-state index contributed by atoms with van der Waals surface area (Å²) in [5.74, 6) is 0.228. The second-order valence-corrected chi connectivity index (χ2v) is 7.18. The van der Waals surface area contributed by atoms with Crippen LogP contribution in [-0.2, 0) is 23.4 Å². The summed E-state index contributed by atoms with van der Waals surface area (Å²) < 4.78 is 24.7. The fourth-order valence-corrected chi connectivity index (χ4v) is 2.68. The molecule has 1 rings (SSSR count). The van der Waals surface area contributed by atoms with Crippen LogP contribution in [0.25, 0.3) is 0 Å². The van der Waals surface area contributed by atoms with Gasteiger partial charge in [-0.15, -0.1) is 0 Å². The van der Waals surface area contributed by atoms with Crippen molar-refractivity contribution in [2.45, 2.75) is 19.9 Å². The van der Waals surface area contributed by atoms with Crippen molar-refractivity contribution in [3.63, 3.8) is 0 Å². The van der Waals surface area contributed by atoms with Crippen LogP contribution >= 0.6 is 15.9 Å². The minimum absolute atomic E-state index is 0.228. The largest absolute Gasteiger partial charge is 0.311 e. The summed E-state index contributed by atoms with van der Waals surface area (Å²) >= 11 is 3.48. The van der Waals surface area contributed by atoms with E-state index in [4.69, 9.17) is 0 Å². The van der Waals surface area contributed by atoms with Gasteiger partial charge in [0.2, 0.25) is 0 Å². The maximum Gasteiger partial charge on any atom is 0.147 e. The number of hydrogen-bond acceptors (Lipinski definition) is 4. The number of hydrogen-bond donors (Lipinski definition) is 1. The summed E-state index contributed by atoms with van der Waals surface area (Å²) in [7, 11) is -0.954. The van der Waals surface area contributed by atoms with Crippen LogP contribution < -0.4 is 5.32 Å². The lowest BCUT2D eigenvalue weighted by molar-refractivity contribution is 0.589. The Morgan fingerprint density at radius 2 is 2.12 bits per heavy atom. The Hall–Kier alpha value is -0.400. The van der Waals surface area contributed by atoms with E-state index in [0.29, 0.717) is 19.5 Å². The van der Waals surface area contributed by atoms with Gasteiger partial charge in [0.1, 0.15) is 9.84 Å². The van der Waals surface area contributed by atoms with E-state index in [1.165, 1.54) is 6.26 Å². The van der Waals surface area contributed by atoms with Gasteiger partial charge < -0.3 is 5.32 Å². The van der Waals surface area contributed by atoms with E-state index < -0.39 is 9.84 Å². The molecule has 1 heterocycles. The maximum absolute atomic E-state index is 10.9. The van der Waals surface area contributed by atoms with Gasteiger partial charge in [-0.25, -0.2) is 8.42 Å². The van der Waals surface area contributed by atoms with Crippen LogP contribution in [0.4, 0.5) is 0 Å². The molecule has 1 aromatic heterocycles. The standard InChI is InChI=1S/C10H18BrN3O2S/c1-8-10(11)9(14(2)13-8)7-12-5-4-6-17(3,15)16/h12H,4-7H2,1-3H3. The molecule has 0 aliphatic rings. The Labute approximate surface area is 111 Å². The maximum atomic E-state index is 10.9. The quantitative estimate of drug-likeness (QED) is 0.794. The third kappa shape index (κ3) is 4.77. The molecule has 0 spiro atoms. The number of nitrogens with zero attached hydrogens (tertiary/aromatic N) is 2. The van der Waals surface area contributed by atoms with Crippen molar-refractivity contribution < 1.29 is 8.42 Å². The van der Waals surface area contributed by atoms with Crippen molar-refractivity contribution in [3.05, 3.63) is 15.9 Å². The van der Waals surface area contributed by atoms with Gasteiger partial charge in [0.25, 0.3) is 0 Å². The van der Waals surface area contributed by atoms with Gasteiger partial charge >= 0.3 is 0 Å². The average Bonchev–Trinajstić information content (AvgIpc) is 2.42. The second-order valence-electron chi connectivity index (χ2n) is 4.13. The third-order valence-corrected chi connectivity index (χ3v) is 4.48. The highest BCUT2D eigenvalue weighted by atomic mass is 79.9. The van der Waals surface area contributed by atoms with Crippen LogP contribution in [0.15, 0.2) is 4.47 Å². The molecule has 1 N–H and O–H groups in total. The number of aryl methyl sites for hydroxylation is 2. The monoisotopic (exact) mass is 323 g/mol. The van der Waals surface area contributed by atoms with E-state index in [-0.39, 0.29) is 5.75 Å². The number of nitrogens with one attached hydrogen (secondary N) is 1. The Morgan fingerprint density at radius 1 is 1.47 bits per heavy atom. The molecule has 0 saturated heterocycles. The van der Waals surface area contributed by atoms with Gasteiger partial charge in [0.05, 0.1) is 21.6 Å². The first-order chi connectivity index (χ1) is 7.81. The minimum Gasteiger partial charge on any atom is -0.311 e. The molecular weight excluding hydrogens is 306 g/mol. The van der Waals surface area contributed by atoms with E-state index in [0.717, 1.165) is 15.9 Å². The van der Waals surface area contributed by atoms with E-state index >= 15 is 0 Å². The van der Waals surface area contributed by atoms with Crippen molar-refractivity contribution >= 4 is 25.8 Å². The first kappa shape index (κ1) is 14.7. The first-order valence-electron chi connectivity index (χ1n) is 5.37. The molecule has 0 aliphatic carbocycles. The highest BCUT2D eigenvalue weighted by Crippen LogP contribution is 2.19. The zero-order valence-electron chi connectivity index (χ0n) is 10.3. The molecule has 98 valence electrons. The summed E-state index contributed by atoms with van der Waals surface area (Å²) in [5.41, 5.74) is 2.03. The second kappa shape index (κ2) is 5.97. The fourth-order valence-electron chi connectivity index (χ4n) is 1.54. The van der Waals surface area contributed by atoms with Crippen LogP contribution in [0.2, 0.25) is 0 Å². The lowest BCUT2D eigenvalue weighted by Gasteiger charge is -2.05. The number of aromatic nitrogens is 2. The summed E-state index contributed by atoms with van der Waals surface area (Å²) in [5, 5.41) is 7.50. The molecule has 0 saturated carbocycles. The van der Waals surface area contributed by atoms with Gasteiger partial charge in [0.15, 0.2) is 0 Å². The zero-order chi connectivity index (χ0) is 13.1. The molecule has 0 fully saturated rings. The SMILES string of the molecule is Cc1nn(C)c(CNCCCS(C)(=O)=O)c1Br. The van der Waals surface area contributed by atoms with Crippen LogP contribution in [0, 0.1) is 6.92 Å². The lowest BCUT2D eigenvalue weighted by Crippen LogP contribution is -2.19. The van der Waals surface area contributed by atoms with E-state index in [1.54, 1.807) is 0 Å². The van der Waals surface area contributed by atoms with Crippen molar-refractivity contribution in [1.82, 2.24) is 15.1 Å². The molecule has 0 atom stereocenters. The molecule has 1 aromatic rings. The molecule has 7 heteroatoms. The molecule has 0 unspecified atom stereocenters. The summed E-state index contributed by atoms with van der Waals surface area (Å²) in [4.78, 5) is 0. The minimum atomic E-state index is -2.85. The lowest BCUT2D eigenvalue weighted by atomic mass is 10.3. The Balaban J connectivity index is 2.37. The Morgan fingerprint density at radius 3 is 2.59 bits per heavy atom. The predicted octanol–water partition coefficient (Wildman–Crippen LogP) is 1.02. The Bertz CT molecular complexity index is 482. The Kier molecular flexibility index (Phi) is 5.15. The fraction of sp³-hybridized carbons (Fsp3) is 0.700. The van der Waals surface area contributed by atoms with Gasteiger partial charge in [-0.05, 0) is 35.8 Å². The summed E-state index contributed by atoms with van der Waals surface area (Å²) in [6.07, 6.45) is 1.89. The topological polar surface area (TPSA) is 64.0 Å². The number of sulfone groups is 1. The molecule has 0 radical (unpaired) electrons. The van der Waals surface area contributed by atoms with E-state index in [2.05, 4.69) is 26.3 Å². The van der Waals surface area contributed by atoms with Crippen LogP contribution in [0.5, 0.6) is 0 Å². The number of rotatable bonds is 6. The van der Waals surface area contributed by atoms with Crippen LogP contribution in [-0.4, -0.2) is 36.8 Å². The van der Waals surface area contributed by atoms with E-state index in [9.17, 15) is 8.42 Å². The van der Waals surface area contributed by atoms with Crippen molar-refractivity contribution in [3.8, 4) is 0 Å². The molecule has 0 bridgehead atoms. The first-order valence-corrected chi connectivity index (χ1v) is 8.23. The van der Waals surface area contributed by atoms with Crippen LogP contribution in [0.1, 0.15) is 17.8 Å². The van der Waals surface area contributed by atoms with Crippen molar-refractivity contribution in [1.29, 1.82) is 0 Å². The number of halogens is 1. The van der Waals surface area contributed by atoms with Crippen molar-refractivity contribution in [2.75, 3.05) is 18.6 Å². The third-order valence-electron chi connectivity index (χ3n) is 2.42. The van der Waals surface area contributed by atoms with Crippen molar-refractivity contribution in [2.24, 2.45) is 7.05 Å². The highest BCUT2D eigenvalue weighted by Gasteiger charge is 2.09. The zero-order valence-corrected chi connectivity index (χ0v) is 12.7. The molecule has 0 amide bonds. The van der Waals surface area contributed by atoms with Gasteiger partial charge in [0, 0.05) is 19.8 Å². The summed E-state index contributed by atoms with van der Waals surface area (Å²) in [6, 6.07) is 0. The summed E-state index contributed by atoms with van der Waals surface area (Å²) in [6.45, 7) is 3.31. The smallest absolute Gasteiger partial charge is 0.147 e. The van der Waals surface area contributed by atoms with Gasteiger partial charge in [-0.2, -0.15) is 5.10 Å². The average molecular weight is 324 g/mol. The predicted molar refractivity (Wildman–Crippen MR) is 71.7 cm³/mol.